The molecular weight excluding hydrogens is 232 g/mol. The summed E-state index contributed by atoms with van der Waals surface area (Å²) in [5, 5.41) is 8.89. The van der Waals surface area contributed by atoms with Gasteiger partial charge in [-0.05, 0) is 6.92 Å². The molecule has 0 saturated heterocycles. The monoisotopic (exact) mass is 241 g/mol. The summed E-state index contributed by atoms with van der Waals surface area (Å²) in [6.45, 7) is -1.13. The molecule has 0 atom stereocenters. The standard InChI is InChI=1S/C9H9F2N5O/c1-5-8(13-3-2-12-5)14-6-4-7(16-15-6)17-9(10)11/h2-4,9H,1H3,(H2,13,14,15,16). The van der Waals surface area contributed by atoms with Crippen LogP contribution in [0.1, 0.15) is 5.69 Å². The molecule has 2 aromatic heterocycles. The number of aromatic nitrogens is 4. The van der Waals surface area contributed by atoms with E-state index >= 15 is 0 Å². The Kier molecular flexibility index (Phi) is 3.12. The molecule has 0 aliphatic rings. The third-order valence-electron chi connectivity index (χ3n) is 1.90. The first-order valence-corrected chi connectivity index (χ1v) is 4.70. The molecule has 2 heterocycles. The predicted octanol–water partition coefficient (Wildman–Crippen LogP) is 1.85. The number of nitrogens with one attached hydrogen (secondary N) is 2. The number of alkyl halides is 2. The van der Waals surface area contributed by atoms with Crippen molar-refractivity contribution in [3.63, 3.8) is 0 Å². The van der Waals surface area contributed by atoms with Crippen LogP contribution in [-0.2, 0) is 0 Å². The van der Waals surface area contributed by atoms with Gasteiger partial charge in [0.15, 0.2) is 5.82 Å². The second-order valence-corrected chi connectivity index (χ2v) is 3.11. The van der Waals surface area contributed by atoms with Crippen LogP contribution in [0.5, 0.6) is 5.88 Å². The molecule has 0 aliphatic carbocycles. The Morgan fingerprint density at radius 1 is 1.35 bits per heavy atom. The van der Waals surface area contributed by atoms with Gasteiger partial charge in [-0.2, -0.15) is 8.78 Å². The van der Waals surface area contributed by atoms with Gasteiger partial charge >= 0.3 is 6.61 Å². The maximum atomic E-state index is 11.9. The topological polar surface area (TPSA) is 75.7 Å². The van der Waals surface area contributed by atoms with Crippen LogP contribution in [0.25, 0.3) is 0 Å². The van der Waals surface area contributed by atoms with Gasteiger partial charge < -0.3 is 10.1 Å². The van der Waals surface area contributed by atoms with E-state index in [1.807, 2.05) is 0 Å². The second kappa shape index (κ2) is 4.73. The van der Waals surface area contributed by atoms with Crippen molar-refractivity contribution in [2.24, 2.45) is 0 Å². The number of hydrogen-bond donors (Lipinski definition) is 2. The molecule has 2 rings (SSSR count). The number of H-pyrrole nitrogens is 1. The Morgan fingerprint density at radius 3 is 2.82 bits per heavy atom. The Balaban J connectivity index is 2.09. The first-order chi connectivity index (χ1) is 8.15. The molecular formula is C9H9F2N5O. The minimum Gasteiger partial charge on any atom is -0.415 e. The number of aryl methyl sites for hydroxylation is 1. The number of rotatable bonds is 4. The lowest BCUT2D eigenvalue weighted by atomic mass is 10.4. The SMILES string of the molecule is Cc1nccnc1Nc1cc(OC(F)F)n[nH]1. The number of ether oxygens (including phenoxy) is 1. The van der Waals surface area contributed by atoms with Crippen molar-refractivity contribution in [2.45, 2.75) is 13.5 Å². The largest absolute Gasteiger partial charge is 0.415 e. The van der Waals surface area contributed by atoms with Crippen LogP contribution >= 0.6 is 0 Å². The van der Waals surface area contributed by atoms with Crippen molar-refractivity contribution in [3.05, 3.63) is 24.2 Å². The van der Waals surface area contributed by atoms with E-state index < -0.39 is 6.61 Å². The fourth-order valence-corrected chi connectivity index (χ4v) is 1.18. The molecule has 0 saturated carbocycles. The highest BCUT2D eigenvalue weighted by molar-refractivity contribution is 5.54. The van der Waals surface area contributed by atoms with Gasteiger partial charge in [-0.25, -0.2) is 4.98 Å². The van der Waals surface area contributed by atoms with E-state index in [1.54, 1.807) is 13.1 Å². The van der Waals surface area contributed by atoms with Crippen molar-refractivity contribution in [1.82, 2.24) is 20.2 Å². The molecule has 0 aliphatic heterocycles. The first kappa shape index (κ1) is 11.2. The van der Waals surface area contributed by atoms with Crippen molar-refractivity contribution in [3.8, 4) is 5.88 Å². The van der Waals surface area contributed by atoms with Crippen LogP contribution in [0, 0.1) is 6.92 Å². The minimum atomic E-state index is -2.90. The maximum absolute atomic E-state index is 11.9. The van der Waals surface area contributed by atoms with E-state index in [9.17, 15) is 8.78 Å². The fraction of sp³-hybridized carbons (Fsp3) is 0.222. The van der Waals surface area contributed by atoms with Crippen LogP contribution in [0.3, 0.4) is 0 Å². The van der Waals surface area contributed by atoms with E-state index in [0.29, 0.717) is 17.3 Å². The lowest BCUT2D eigenvalue weighted by Gasteiger charge is -2.03. The summed E-state index contributed by atoms with van der Waals surface area (Å²) in [6.07, 6.45) is 3.07. The maximum Gasteiger partial charge on any atom is 0.388 e. The molecule has 0 fully saturated rings. The van der Waals surface area contributed by atoms with Gasteiger partial charge in [-0.1, -0.05) is 0 Å². The second-order valence-electron chi connectivity index (χ2n) is 3.11. The molecule has 0 spiro atoms. The Bertz CT molecular complexity index is 502. The number of nitrogens with zero attached hydrogens (tertiary/aromatic N) is 3. The summed E-state index contributed by atoms with van der Waals surface area (Å²) in [6, 6.07) is 1.31. The molecule has 6 nitrogen and oxygen atoms in total. The summed E-state index contributed by atoms with van der Waals surface area (Å²) < 4.78 is 27.9. The molecule has 0 radical (unpaired) electrons. The summed E-state index contributed by atoms with van der Waals surface area (Å²) in [5.41, 5.74) is 0.679. The minimum absolute atomic E-state index is 0.191. The molecule has 8 heteroatoms. The molecule has 0 aromatic carbocycles. The third-order valence-corrected chi connectivity index (χ3v) is 1.90. The Hall–Kier alpha value is -2.25. The molecule has 0 amide bonds. The molecule has 2 N–H and O–H groups in total. The molecule has 90 valence electrons. The number of halogens is 2. The van der Waals surface area contributed by atoms with E-state index in [-0.39, 0.29) is 5.88 Å². The number of anilines is 2. The van der Waals surface area contributed by atoms with E-state index in [1.165, 1.54) is 12.3 Å². The van der Waals surface area contributed by atoms with Crippen LogP contribution in [-0.4, -0.2) is 26.8 Å². The molecule has 0 unspecified atom stereocenters. The molecule has 2 aromatic rings. The lowest BCUT2D eigenvalue weighted by molar-refractivity contribution is -0.0528. The average Bonchev–Trinajstić information content (AvgIpc) is 2.68. The molecule has 17 heavy (non-hydrogen) atoms. The number of hydrogen-bond acceptors (Lipinski definition) is 5. The van der Waals surface area contributed by atoms with Crippen molar-refractivity contribution < 1.29 is 13.5 Å². The van der Waals surface area contributed by atoms with E-state index in [0.717, 1.165) is 0 Å². The van der Waals surface area contributed by atoms with Gasteiger partial charge in [-0.3, -0.25) is 10.1 Å². The zero-order chi connectivity index (χ0) is 12.3. The zero-order valence-electron chi connectivity index (χ0n) is 8.82. The third kappa shape index (κ3) is 2.86. The quantitative estimate of drug-likeness (QED) is 0.854. The zero-order valence-corrected chi connectivity index (χ0v) is 8.82. The summed E-state index contributed by atoms with van der Waals surface area (Å²) >= 11 is 0. The van der Waals surface area contributed by atoms with Gasteiger partial charge in [0.2, 0.25) is 5.88 Å². The number of aromatic amines is 1. The lowest BCUT2D eigenvalue weighted by Crippen LogP contribution is -2.01. The highest BCUT2D eigenvalue weighted by Crippen LogP contribution is 2.19. The summed E-state index contributed by atoms with van der Waals surface area (Å²) in [4.78, 5) is 8.05. The van der Waals surface area contributed by atoms with Crippen molar-refractivity contribution in [2.75, 3.05) is 5.32 Å². The van der Waals surface area contributed by atoms with Gasteiger partial charge in [-0.15, -0.1) is 5.10 Å². The highest BCUT2D eigenvalue weighted by Gasteiger charge is 2.09. The van der Waals surface area contributed by atoms with Gasteiger partial charge in [0, 0.05) is 18.5 Å². The van der Waals surface area contributed by atoms with E-state index in [4.69, 9.17) is 0 Å². The Morgan fingerprint density at radius 2 is 2.12 bits per heavy atom. The average molecular weight is 241 g/mol. The van der Waals surface area contributed by atoms with Crippen molar-refractivity contribution in [1.29, 1.82) is 0 Å². The first-order valence-electron chi connectivity index (χ1n) is 4.70. The predicted molar refractivity (Wildman–Crippen MR) is 55.3 cm³/mol. The summed E-state index contributed by atoms with van der Waals surface area (Å²) in [5.74, 6) is 0.716. The van der Waals surface area contributed by atoms with Crippen LogP contribution in [0.2, 0.25) is 0 Å². The highest BCUT2D eigenvalue weighted by atomic mass is 19.3. The van der Waals surface area contributed by atoms with Gasteiger partial charge in [0.05, 0.1) is 5.69 Å². The molecule has 0 bridgehead atoms. The fourth-order valence-electron chi connectivity index (χ4n) is 1.18. The summed E-state index contributed by atoms with van der Waals surface area (Å²) in [7, 11) is 0. The van der Waals surface area contributed by atoms with E-state index in [2.05, 4.69) is 30.2 Å². The van der Waals surface area contributed by atoms with Crippen molar-refractivity contribution >= 4 is 11.6 Å². The van der Waals surface area contributed by atoms with Crippen LogP contribution < -0.4 is 10.1 Å². The van der Waals surface area contributed by atoms with Crippen LogP contribution in [0.4, 0.5) is 20.4 Å². The van der Waals surface area contributed by atoms with Crippen LogP contribution in [0.15, 0.2) is 18.5 Å². The smallest absolute Gasteiger partial charge is 0.388 e. The normalized spacial score (nSPS) is 10.6. The van der Waals surface area contributed by atoms with Gasteiger partial charge in [0.1, 0.15) is 5.82 Å². The van der Waals surface area contributed by atoms with Gasteiger partial charge in [0.25, 0.3) is 0 Å². The Labute approximate surface area is 95.0 Å².